The lowest BCUT2D eigenvalue weighted by Crippen LogP contribution is -2.61. The summed E-state index contributed by atoms with van der Waals surface area (Å²) in [5, 5.41) is 2.48. The lowest BCUT2D eigenvalue weighted by atomic mass is 9.33. The summed E-state index contributed by atoms with van der Waals surface area (Å²) in [5.41, 5.74) is 26.5. The minimum atomic E-state index is -0.123. The second-order valence-corrected chi connectivity index (χ2v) is 35.2. The third-order valence-corrected chi connectivity index (χ3v) is 21.2. The molecule has 6 heteroatoms. The van der Waals surface area contributed by atoms with Crippen LogP contribution in [0.25, 0.3) is 20.2 Å². The van der Waals surface area contributed by atoms with Crippen LogP contribution >= 0.6 is 11.3 Å². The Hall–Kier alpha value is -8.32. The number of fused-ring (bicyclic) bond motifs is 7. The van der Waals surface area contributed by atoms with Crippen LogP contribution in [0.5, 0.6) is 0 Å². The summed E-state index contributed by atoms with van der Waals surface area (Å²) in [5.74, 6) is 0. The molecule has 0 atom stereocenters. The van der Waals surface area contributed by atoms with E-state index in [-0.39, 0.29) is 44.6 Å². The average Bonchev–Trinajstić information content (AvgIpc) is 0.846. The SMILES string of the molecule is CC(C)(C)c1ccc(N(c2ccc(C(C)(C)C)cc2)c2cc3c4c(c2)N(c2ccc(N(c5ccc(C(C)(C)C)cc5)c5ccc(C(C)(C)C)cc5)c5sc6ccccc6c25)c2ccc(C(C)(C)C)cc2B4c2cc(C(C)(C)C)ccc2N3c2ccc(C(C)(C)C)cc2)cc1. The summed E-state index contributed by atoms with van der Waals surface area (Å²) in [7, 11) is 0. The van der Waals surface area contributed by atoms with E-state index >= 15 is 0 Å². The van der Waals surface area contributed by atoms with Crippen LogP contribution in [0.3, 0.4) is 0 Å². The van der Waals surface area contributed by atoms with Gasteiger partial charge in [-0.3, -0.25) is 0 Å². The summed E-state index contributed by atoms with van der Waals surface area (Å²) < 4.78 is 2.49. The van der Waals surface area contributed by atoms with Crippen molar-refractivity contribution in [2.24, 2.45) is 0 Å². The van der Waals surface area contributed by atoms with Crippen molar-refractivity contribution in [2.75, 3.05) is 19.6 Å². The van der Waals surface area contributed by atoms with Gasteiger partial charge in [-0.25, -0.2) is 0 Å². The largest absolute Gasteiger partial charge is 0.311 e. The zero-order valence-electron chi connectivity index (χ0n) is 59.9. The molecule has 0 unspecified atom stereocenters. The maximum absolute atomic E-state index is 2.69. The molecule has 0 saturated carbocycles. The molecule has 0 N–H and O–H groups in total. The van der Waals surface area contributed by atoms with Crippen LogP contribution < -0.4 is 36.0 Å². The second kappa shape index (κ2) is 22.7. The number of hydrogen-bond donors (Lipinski definition) is 0. The van der Waals surface area contributed by atoms with E-state index < -0.39 is 0 Å². The Labute approximate surface area is 567 Å². The van der Waals surface area contributed by atoms with Gasteiger partial charge in [0.1, 0.15) is 0 Å². The zero-order valence-corrected chi connectivity index (χ0v) is 60.7. The van der Waals surface area contributed by atoms with Gasteiger partial charge in [0.15, 0.2) is 0 Å². The first kappa shape index (κ1) is 64.4. The Balaban J connectivity index is 1.17. The third kappa shape index (κ3) is 11.6. The molecular formula is C88H97BN4S. The summed E-state index contributed by atoms with van der Waals surface area (Å²) in [4.78, 5) is 10.3. The predicted octanol–water partition coefficient (Wildman–Crippen LogP) is 24.2. The third-order valence-electron chi connectivity index (χ3n) is 20.0. The fourth-order valence-electron chi connectivity index (χ4n) is 14.2. The molecule has 0 amide bonds. The van der Waals surface area contributed by atoms with Gasteiger partial charge in [-0.2, -0.15) is 0 Å². The summed E-state index contributed by atoms with van der Waals surface area (Å²) in [6.07, 6.45) is 0. The zero-order chi connectivity index (χ0) is 67.1. The molecule has 10 aromatic carbocycles. The smallest absolute Gasteiger partial charge is 0.252 e. The highest BCUT2D eigenvalue weighted by Crippen LogP contribution is 2.55. The average molecular weight is 1250 g/mol. The van der Waals surface area contributed by atoms with Crippen molar-refractivity contribution in [3.8, 4) is 0 Å². The maximum atomic E-state index is 2.69. The lowest BCUT2D eigenvalue weighted by Gasteiger charge is -2.46. The normalized spacial score (nSPS) is 13.7. The van der Waals surface area contributed by atoms with Gasteiger partial charge in [-0.1, -0.05) is 249 Å². The predicted molar refractivity (Wildman–Crippen MR) is 414 cm³/mol. The standard InChI is InChI=1S/C88H97BN4S/c1-82(2,3)56-26-38-63(39-27-56)90(64-40-28-57(29-41-64)83(4,5)6)68-54-76-80-77(55-68)93(73-49-37-62(88(19,20)21)53-71(73)89(80)70-52-61(87(16,17)18)36-48-72(70)92(76)67-46-34-60(35-47-67)86(13,14)15)74-50-51-75(81-79(74)69-24-22-23-25-78(69)94-81)91(65-42-30-58(31-43-65)84(7,8)9)66-44-32-59(33-45-66)85(10,11)12/h22-55H,1-21H3. The summed E-state index contributed by atoms with van der Waals surface area (Å²) >= 11 is 1.90. The van der Waals surface area contributed by atoms with E-state index in [2.05, 4.69) is 371 Å². The molecule has 0 fully saturated rings. The van der Waals surface area contributed by atoms with E-state index in [0.717, 1.165) is 51.2 Å². The molecule has 2 aliphatic heterocycles. The van der Waals surface area contributed by atoms with Crippen molar-refractivity contribution < 1.29 is 0 Å². The number of rotatable bonds is 8. The molecule has 0 bridgehead atoms. The number of nitrogens with zero attached hydrogens (tertiary/aromatic N) is 4. The first-order valence-electron chi connectivity index (χ1n) is 34.2. The molecule has 0 radical (unpaired) electrons. The number of anilines is 12. The molecule has 1 aromatic heterocycles. The minimum absolute atomic E-state index is 0.00165. The minimum Gasteiger partial charge on any atom is -0.311 e. The fraction of sp³-hybridized carbons (Fsp3) is 0.318. The molecule has 0 saturated heterocycles. The highest BCUT2D eigenvalue weighted by atomic mass is 32.1. The van der Waals surface area contributed by atoms with Gasteiger partial charge in [-0.05, 0) is 196 Å². The quantitative estimate of drug-likeness (QED) is 0.141. The lowest BCUT2D eigenvalue weighted by molar-refractivity contribution is 0.590. The van der Waals surface area contributed by atoms with Crippen molar-refractivity contribution in [3.63, 3.8) is 0 Å². The number of hydrogen-bond acceptors (Lipinski definition) is 5. The van der Waals surface area contributed by atoms with Crippen molar-refractivity contribution in [3.05, 3.63) is 245 Å². The van der Waals surface area contributed by atoms with E-state index in [0.29, 0.717) is 0 Å². The molecule has 0 spiro atoms. The summed E-state index contributed by atoms with van der Waals surface area (Å²) in [6, 6.07) is 80.9. The van der Waals surface area contributed by atoms with E-state index in [1.165, 1.54) is 92.6 Å². The van der Waals surface area contributed by atoms with Crippen molar-refractivity contribution >= 4 is 123 Å². The highest BCUT2D eigenvalue weighted by molar-refractivity contribution is 7.26. The van der Waals surface area contributed by atoms with Gasteiger partial charge < -0.3 is 19.6 Å². The Morgan fingerprint density at radius 3 is 1.04 bits per heavy atom. The van der Waals surface area contributed by atoms with Crippen LogP contribution in [-0.2, 0) is 37.9 Å². The van der Waals surface area contributed by atoms with Gasteiger partial charge in [0.05, 0.1) is 21.8 Å². The molecule has 94 heavy (non-hydrogen) atoms. The van der Waals surface area contributed by atoms with Gasteiger partial charge in [-0.15, -0.1) is 11.3 Å². The Bertz CT molecular complexity index is 4560. The fourth-order valence-corrected chi connectivity index (χ4v) is 15.4. The first-order valence-corrected chi connectivity index (χ1v) is 35.0. The van der Waals surface area contributed by atoms with E-state index in [1.807, 2.05) is 11.3 Å². The van der Waals surface area contributed by atoms with Crippen LogP contribution in [0, 0.1) is 0 Å². The van der Waals surface area contributed by atoms with E-state index in [4.69, 9.17) is 0 Å². The molecule has 2 aliphatic rings. The maximum Gasteiger partial charge on any atom is 0.252 e. The van der Waals surface area contributed by atoms with E-state index in [1.54, 1.807) is 0 Å². The monoisotopic (exact) mass is 1250 g/mol. The van der Waals surface area contributed by atoms with Crippen molar-refractivity contribution in [2.45, 2.75) is 183 Å². The number of benzene rings is 10. The van der Waals surface area contributed by atoms with Gasteiger partial charge in [0, 0.05) is 66.7 Å². The molecular weight excluding hydrogens is 1160 g/mol. The van der Waals surface area contributed by atoms with E-state index in [9.17, 15) is 0 Å². The van der Waals surface area contributed by atoms with Crippen LogP contribution in [-0.4, -0.2) is 6.71 Å². The highest BCUT2D eigenvalue weighted by Gasteiger charge is 2.46. The molecule has 3 heterocycles. The van der Waals surface area contributed by atoms with Crippen LogP contribution in [0.2, 0.25) is 0 Å². The molecule has 478 valence electrons. The van der Waals surface area contributed by atoms with Crippen LogP contribution in [0.4, 0.5) is 68.2 Å². The number of thiophene rings is 1. The van der Waals surface area contributed by atoms with Gasteiger partial charge in [0.25, 0.3) is 6.71 Å². The summed E-state index contributed by atoms with van der Waals surface area (Å²) in [6.45, 7) is 48.7. The topological polar surface area (TPSA) is 13.0 Å². The van der Waals surface area contributed by atoms with Crippen LogP contribution in [0.15, 0.2) is 206 Å². The molecule has 11 aromatic rings. The molecule has 4 nitrogen and oxygen atoms in total. The van der Waals surface area contributed by atoms with Gasteiger partial charge in [0.2, 0.25) is 0 Å². The Morgan fingerprint density at radius 1 is 0.298 bits per heavy atom. The molecule has 0 aliphatic carbocycles. The van der Waals surface area contributed by atoms with Gasteiger partial charge >= 0.3 is 0 Å². The Morgan fingerprint density at radius 2 is 0.638 bits per heavy atom. The Kier molecular flexibility index (Phi) is 15.5. The van der Waals surface area contributed by atoms with Crippen molar-refractivity contribution in [1.29, 1.82) is 0 Å². The first-order chi connectivity index (χ1) is 44.0. The molecule has 13 rings (SSSR count). The van der Waals surface area contributed by atoms with Crippen molar-refractivity contribution in [1.82, 2.24) is 0 Å². The second-order valence-electron chi connectivity index (χ2n) is 34.1. The van der Waals surface area contributed by atoms with Crippen LogP contribution in [0.1, 0.15) is 184 Å².